The number of nitrogens with one attached hydrogen (secondary N) is 1. The molecule has 0 spiro atoms. The summed E-state index contributed by atoms with van der Waals surface area (Å²) in [7, 11) is -2.41. The Morgan fingerprint density at radius 2 is 1.89 bits per heavy atom. The predicted octanol–water partition coefficient (Wildman–Crippen LogP) is 4.33. The summed E-state index contributed by atoms with van der Waals surface area (Å²) in [6.45, 7) is 5.59. The number of hydrogen-bond acceptors (Lipinski definition) is 5. The molecular weight excluding hydrogens is 364 g/mol. The topological polar surface area (TPSA) is 81.4 Å². The highest BCUT2D eigenvalue weighted by Gasteiger charge is 2.23. The summed E-state index contributed by atoms with van der Waals surface area (Å²) < 4.78 is 39.4. The van der Waals surface area contributed by atoms with Crippen molar-refractivity contribution in [1.29, 1.82) is 0 Å². The number of ether oxygens (including phenoxy) is 1. The number of anilines is 1. The quantitative estimate of drug-likeness (QED) is 0.682. The molecule has 0 unspecified atom stereocenters. The molecule has 1 N–H and O–H groups in total. The van der Waals surface area contributed by atoms with Crippen LogP contribution in [-0.4, -0.2) is 20.7 Å². The molecule has 3 rings (SSSR count). The van der Waals surface area contributed by atoms with Crippen molar-refractivity contribution in [3.05, 3.63) is 59.5 Å². The van der Waals surface area contributed by atoms with Gasteiger partial charge in [-0.15, -0.1) is 0 Å². The molecule has 0 saturated heterocycles. The molecule has 142 valence electrons. The molecule has 1 heterocycles. The van der Waals surface area contributed by atoms with Crippen molar-refractivity contribution in [1.82, 2.24) is 5.16 Å². The molecule has 6 nitrogen and oxygen atoms in total. The Morgan fingerprint density at radius 3 is 2.52 bits per heavy atom. The van der Waals surface area contributed by atoms with Crippen molar-refractivity contribution in [2.45, 2.75) is 32.1 Å². The van der Waals surface area contributed by atoms with Crippen LogP contribution in [0.4, 0.5) is 5.69 Å². The van der Waals surface area contributed by atoms with E-state index in [0.29, 0.717) is 22.7 Å². The van der Waals surface area contributed by atoms with E-state index in [0.717, 1.165) is 17.5 Å². The molecule has 0 amide bonds. The monoisotopic (exact) mass is 386 g/mol. The third-order valence-corrected chi connectivity index (χ3v) is 5.80. The molecule has 3 aromatic rings. The molecule has 0 bridgehead atoms. The van der Waals surface area contributed by atoms with E-state index in [9.17, 15) is 8.42 Å². The number of rotatable bonds is 6. The van der Waals surface area contributed by atoms with Crippen LogP contribution in [0.5, 0.6) is 5.75 Å². The second-order valence-electron chi connectivity index (χ2n) is 6.18. The van der Waals surface area contributed by atoms with Crippen LogP contribution in [0.2, 0.25) is 0 Å². The first-order valence-corrected chi connectivity index (χ1v) is 10.1. The highest BCUT2D eigenvalue weighted by molar-refractivity contribution is 7.92. The van der Waals surface area contributed by atoms with Crippen molar-refractivity contribution in [2.75, 3.05) is 11.8 Å². The summed E-state index contributed by atoms with van der Waals surface area (Å²) in [6, 6.07) is 12.4. The van der Waals surface area contributed by atoms with Crippen LogP contribution in [-0.2, 0) is 16.4 Å². The minimum Gasteiger partial charge on any atom is -0.495 e. The van der Waals surface area contributed by atoms with Gasteiger partial charge in [0.05, 0.1) is 18.5 Å². The molecule has 0 saturated carbocycles. The average molecular weight is 386 g/mol. The molecule has 0 aliphatic carbocycles. The van der Waals surface area contributed by atoms with Gasteiger partial charge in [0.2, 0.25) is 0 Å². The first-order chi connectivity index (χ1) is 12.9. The lowest BCUT2D eigenvalue weighted by molar-refractivity contribution is 0.393. The Morgan fingerprint density at radius 1 is 1.15 bits per heavy atom. The minimum absolute atomic E-state index is 0.0633. The minimum atomic E-state index is -3.85. The van der Waals surface area contributed by atoms with E-state index in [-0.39, 0.29) is 10.6 Å². The van der Waals surface area contributed by atoms with Gasteiger partial charge in [0, 0.05) is 5.56 Å². The van der Waals surface area contributed by atoms with E-state index in [2.05, 4.69) is 9.88 Å². The van der Waals surface area contributed by atoms with Crippen molar-refractivity contribution >= 4 is 15.7 Å². The van der Waals surface area contributed by atoms with E-state index in [4.69, 9.17) is 9.26 Å². The number of aryl methyl sites for hydroxylation is 3. The third kappa shape index (κ3) is 3.68. The largest absolute Gasteiger partial charge is 0.495 e. The van der Waals surface area contributed by atoms with Gasteiger partial charge in [-0.2, -0.15) is 0 Å². The van der Waals surface area contributed by atoms with Crippen LogP contribution in [0.25, 0.3) is 11.1 Å². The van der Waals surface area contributed by atoms with E-state index >= 15 is 0 Å². The lowest BCUT2D eigenvalue weighted by Crippen LogP contribution is -2.15. The van der Waals surface area contributed by atoms with Crippen molar-refractivity contribution < 1.29 is 17.7 Å². The van der Waals surface area contributed by atoms with Gasteiger partial charge in [-0.05, 0) is 49.6 Å². The second kappa shape index (κ2) is 7.44. The van der Waals surface area contributed by atoms with Gasteiger partial charge in [-0.1, -0.05) is 36.3 Å². The predicted molar refractivity (Wildman–Crippen MR) is 105 cm³/mol. The van der Waals surface area contributed by atoms with Crippen molar-refractivity contribution in [3.63, 3.8) is 0 Å². The maximum Gasteiger partial charge on any atom is 0.265 e. The summed E-state index contributed by atoms with van der Waals surface area (Å²) in [6.07, 6.45) is 0.717. The molecule has 1 aromatic heterocycles. The fourth-order valence-corrected chi connectivity index (χ4v) is 4.36. The Labute approximate surface area is 159 Å². The molecule has 0 atom stereocenters. The highest BCUT2D eigenvalue weighted by atomic mass is 32.2. The Kier molecular flexibility index (Phi) is 5.23. The third-order valence-electron chi connectivity index (χ3n) is 4.42. The van der Waals surface area contributed by atoms with Crippen LogP contribution >= 0.6 is 0 Å². The van der Waals surface area contributed by atoms with Gasteiger partial charge >= 0.3 is 0 Å². The lowest BCUT2D eigenvalue weighted by atomic mass is 10.0. The standard InChI is InChI=1S/C20H22N2O4S/c1-5-15-8-6-7-9-17(15)22-27(23,24)19-12-16(10-11-18(19)25-4)20-13(2)21-26-14(20)3/h6-12,22H,5H2,1-4H3. The zero-order chi connectivity index (χ0) is 19.6. The number of aromatic nitrogens is 1. The van der Waals surface area contributed by atoms with Crippen molar-refractivity contribution in [2.24, 2.45) is 0 Å². The Balaban J connectivity index is 2.10. The molecule has 0 fully saturated rings. The Bertz CT molecular complexity index is 1050. The average Bonchev–Trinajstić information content (AvgIpc) is 2.99. The van der Waals surface area contributed by atoms with Crippen LogP contribution in [0, 0.1) is 13.8 Å². The van der Waals surface area contributed by atoms with Crippen LogP contribution in [0.1, 0.15) is 23.9 Å². The SMILES string of the molecule is CCc1ccccc1NS(=O)(=O)c1cc(-c2c(C)noc2C)ccc1OC. The van der Waals surface area contributed by atoms with Crippen LogP contribution < -0.4 is 9.46 Å². The van der Waals surface area contributed by atoms with Crippen LogP contribution in [0.15, 0.2) is 51.9 Å². The lowest BCUT2D eigenvalue weighted by Gasteiger charge is -2.15. The summed E-state index contributed by atoms with van der Waals surface area (Å²) >= 11 is 0. The van der Waals surface area contributed by atoms with Gasteiger partial charge in [0.15, 0.2) is 0 Å². The fourth-order valence-electron chi connectivity index (χ4n) is 3.07. The number of benzene rings is 2. The zero-order valence-corrected chi connectivity index (χ0v) is 16.6. The first-order valence-electron chi connectivity index (χ1n) is 8.59. The number of methoxy groups -OCH3 is 1. The van der Waals surface area contributed by atoms with Gasteiger partial charge < -0.3 is 9.26 Å². The smallest absolute Gasteiger partial charge is 0.265 e. The van der Waals surface area contributed by atoms with E-state index in [1.807, 2.05) is 26.0 Å². The summed E-state index contributed by atoms with van der Waals surface area (Å²) in [5.74, 6) is 0.900. The maximum absolute atomic E-state index is 13.1. The molecule has 0 aliphatic rings. The van der Waals surface area contributed by atoms with Gasteiger partial charge in [-0.3, -0.25) is 4.72 Å². The highest BCUT2D eigenvalue weighted by Crippen LogP contribution is 2.34. The van der Waals surface area contributed by atoms with Gasteiger partial charge in [0.25, 0.3) is 10.0 Å². The van der Waals surface area contributed by atoms with Gasteiger partial charge in [0.1, 0.15) is 16.4 Å². The summed E-state index contributed by atoms with van der Waals surface area (Å²) in [4.78, 5) is 0.0633. The molecule has 0 aliphatic heterocycles. The molecule has 27 heavy (non-hydrogen) atoms. The molecule has 7 heteroatoms. The number of para-hydroxylation sites is 1. The molecular formula is C20H22N2O4S. The van der Waals surface area contributed by atoms with Crippen molar-refractivity contribution in [3.8, 4) is 16.9 Å². The number of sulfonamides is 1. The normalized spacial score (nSPS) is 11.4. The van der Waals surface area contributed by atoms with E-state index in [1.165, 1.54) is 7.11 Å². The summed E-state index contributed by atoms with van der Waals surface area (Å²) in [5.41, 5.74) is 3.66. The fraction of sp³-hybridized carbons (Fsp3) is 0.250. The van der Waals surface area contributed by atoms with Gasteiger partial charge in [-0.25, -0.2) is 8.42 Å². The number of hydrogen-bond donors (Lipinski definition) is 1. The maximum atomic E-state index is 13.1. The Hall–Kier alpha value is -2.80. The molecule has 2 aromatic carbocycles. The van der Waals surface area contributed by atoms with E-state index in [1.54, 1.807) is 37.3 Å². The summed E-state index contributed by atoms with van der Waals surface area (Å²) in [5, 5.41) is 3.95. The number of nitrogens with zero attached hydrogens (tertiary/aromatic N) is 1. The van der Waals surface area contributed by atoms with E-state index < -0.39 is 10.0 Å². The molecule has 0 radical (unpaired) electrons. The zero-order valence-electron chi connectivity index (χ0n) is 15.7. The second-order valence-corrected chi connectivity index (χ2v) is 7.83. The first kappa shape index (κ1) is 19.0. The van der Waals surface area contributed by atoms with Crippen LogP contribution in [0.3, 0.4) is 0 Å².